The number of rotatable bonds is 9. The van der Waals surface area contributed by atoms with Crippen LogP contribution in [0.5, 0.6) is 5.75 Å². The average molecular weight is 481 g/mol. The highest BCUT2D eigenvalue weighted by atomic mass is 32.2. The Balaban J connectivity index is 1.69. The molecule has 6 nitrogen and oxygen atoms in total. The number of aryl methyl sites for hydroxylation is 2. The summed E-state index contributed by atoms with van der Waals surface area (Å²) in [4.78, 5) is 21.4. The summed E-state index contributed by atoms with van der Waals surface area (Å²) < 4.78 is 8.70. The van der Waals surface area contributed by atoms with Gasteiger partial charge in [-0.3, -0.25) is 14.4 Å². The van der Waals surface area contributed by atoms with Gasteiger partial charge in [-0.05, 0) is 69.0 Å². The van der Waals surface area contributed by atoms with Crippen LogP contribution >= 0.6 is 23.1 Å². The number of carbonyl (C=O) groups is 1. The Labute approximate surface area is 202 Å². The standard InChI is InChI=1S/C25H28N4O2S2/c1-5-31-21-8-7-9-22-23(21)26-25(33-22)28(14-15-29-18(4)16-17(3)27-29)24(30)19-10-12-20(13-11-19)32-6-2/h7-13,16H,5-6,14-15H2,1-4H3. The van der Waals surface area contributed by atoms with Gasteiger partial charge < -0.3 is 4.74 Å². The van der Waals surface area contributed by atoms with E-state index in [0.29, 0.717) is 30.4 Å². The molecule has 2 aromatic heterocycles. The summed E-state index contributed by atoms with van der Waals surface area (Å²) in [6.07, 6.45) is 0. The largest absolute Gasteiger partial charge is 0.492 e. The molecule has 0 fully saturated rings. The van der Waals surface area contributed by atoms with E-state index in [9.17, 15) is 4.79 Å². The Hall–Kier alpha value is -2.84. The van der Waals surface area contributed by atoms with Crippen LogP contribution < -0.4 is 9.64 Å². The summed E-state index contributed by atoms with van der Waals surface area (Å²) in [5.41, 5.74) is 3.48. The summed E-state index contributed by atoms with van der Waals surface area (Å²) in [7, 11) is 0. The molecule has 4 rings (SSSR count). The fourth-order valence-electron chi connectivity index (χ4n) is 3.70. The fourth-order valence-corrected chi connectivity index (χ4v) is 5.36. The van der Waals surface area contributed by atoms with Gasteiger partial charge in [-0.25, -0.2) is 4.98 Å². The molecule has 0 unspecified atom stereocenters. The zero-order valence-corrected chi connectivity index (χ0v) is 21.0. The van der Waals surface area contributed by atoms with Crippen LogP contribution in [0, 0.1) is 13.8 Å². The lowest BCUT2D eigenvalue weighted by atomic mass is 10.2. The van der Waals surface area contributed by atoms with Gasteiger partial charge in [0.2, 0.25) is 0 Å². The molecule has 0 saturated heterocycles. The van der Waals surface area contributed by atoms with Crippen molar-refractivity contribution in [3.8, 4) is 5.75 Å². The van der Waals surface area contributed by atoms with E-state index in [1.165, 1.54) is 11.3 Å². The summed E-state index contributed by atoms with van der Waals surface area (Å²) in [6, 6.07) is 15.7. The molecular weight excluding hydrogens is 452 g/mol. The second-order valence-electron chi connectivity index (χ2n) is 7.60. The maximum atomic E-state index is 13.6. The van der Waals surface area contributed by atoms with Gasteiger partial charge in [-0.2, -0.15) is 5.10 Å². The Morgan fingerprint density at radius 1 is 1.15 bits per heavy atom. The van der Waals surface area contributed by atoms with Crippen molar-refractivity contribution in [1.82, 2.24) is 14.8 Å². The normalized spacial score (nSPS) is 11.2. The van der Waals surface area contributed by atoms with Crippen molar-refractivity contribution < 1.29 is 9.53 Å². The van der Waals surface area contributed by atoms with E-state index >= 15 is 0 Å². The predicted molar refractivity (Wildman–Crippen MR) is 137 cm³/mol. The number of ether oxygens (including phenoxy) is 1. The number of carbonyl (C=O) groups excluding carboxylic acids is 1. The Kier molecular flexibility index (Phi) is 7.35. The maximum Gasteiger partial charge on any atom is 0.260 e. The van der Waals surface area contributed by atoms with Gasteiger partial charge in [0.05, 0.1) is 23.5 Å². The Bertz CT molecular complexity index is 1250. The predicted octanol–water partition coefficient (Wildman–Crippen LogP) is 5.97. The topological polar surface area (TPSA) is 60.2 Å². The number of hydrogen-bond acceptors (Lipinski definition) is 6. The van der Waals surface area contributed by atoms with Crippen molar-refractivity contribution >= 4 is 44.4 Å². The third-order valence-electron chi connectivity index (χ3n) is 5.20. The van der Waals surface area contributed by atoms with Crippen LogP contribution in [0.1, 0.15) is 35.6 Å². The third kappa shape index (κ3) is 5.23. The Morgan fingerprint density at radius 3 is 2.61 bits per heavy atom. The van der Waals surface area contributed by atoms with Gasteiger partial charge >= 0.3 is 0 Å². The zero-order valence-electron chi connectivity index (χ0n) is 19.4. The lowest BCUT2D eigenvalue weighted by molar-refractivity contribution is 0.0985. The number of anilines is 1. The van der Waals surface area contributed by atoms with E-state index < -0.39 is 0 Å². The number of hydrogen-bond donors (Lipinski definition) is 0. The average Bonchev–Trinajstić information content (AvgIpc) is 3.37. The molecule has 1 amide bonds. The number of thiazole rings is 1. The molecule has 0 aliphatic carbocycles. The monoisotopic (exact) mass is 480 g/mol. The highest BCUT2D eigenvalue weighted by molar-refractivity contribution is 7.99. The zero-order chi connectivity index (χ0) is 23.4. The van der Waals surface area contributed by atoms with Gasteiger partial charge in [0.15, 0.2) is 5.13 Å². The molecule has 0 aliphatic rings. The molecule has 0 radical (unpaired) electrons. The number of nitrogens with zero attached hydrogens (tertiary/aromatic N) is 4. The molecule has 4 aromatic rings. The number of fused-ring (bicyclic) bond motifs is 1. The summed E-state index contributed by atoms with van der Waals surface area (Å²) >= 11 is 3.26. The molecule has 0 bridgehead atoms. The van der Waals surface area contributed by atoms with Crippen molar-refractivity contribution in [3.63, 3.8) is 0 Å². The van der Waals surface area contributed by atoms with E-state index in [1.807, 2.05) is 74.0 Å². The van der Waals surface area contributed by atoms with Crippen LogP contribution in [0.2, 0.25) is 0 Å². The van der Waals surface area contributed by atoms with Crippen LogP contribution in [-0.2, 0) is 6.54 Å². The molecule has 0 aliphatic heterocycles. The number of para-hydroxylation sites is 1. The SMILES string of the molecule is CCOc1cccc2sc(N(CCn3nc(C)cc3C)C(=O)c3ccc(SCC)cc3)nc12. The lowest BCUT2D eigenvalue weighted by Gasteiger charge is -2.20. The highest BCUT2D eigenvalue weighted by Gasteiger charge is 2.23. The first-order valence-electron chi connectivity index (χ1n) is 11.1. The molecule has 172 valence electrons. The van der Waals surface area contributed by atoms with Crippen molar-refractivity contribution in [2.75, 3.05) is 23.8 Å². The van der Waals surface area contributed by atoms with Gasteiger partial charge in [-0.1, -0.05) is 24.3 Å². The molecule has 8 heteroatoms. The summed E-state index contributed by atoms with van der Waals surface area (Å²) in [5.74, 6) is 1.67. The molecular formula is C25H28N4O2S2. The minimum Gasteiger partial charge on any atom is -0.492 e. The van der Waals surface area contributed by atoms with E-state index in [2.05, 4.69) is 12.0 Å². The first-order chi connectivity index (χ1) is 16.0. The third-order valence-corrected chi connectivity index (χ3v) is 7.14. The Morgan fingerprint density at radius 2 is 1.94 bits per heavy atom. The van der Waals surface area contributed by atoms with Gasteiger partial charge in [-0.15, -0.1) is 11.8 Å². The number of aromatic nitrogens is 3. The number of thioether (sulfide) groups is 1. The molecule has 0 saturated carbocycles. The van der Waals surface area contributed by atoms with Gasteiger partial charge in [0.1, 0.15) is 11.3 Å². The number of amides is 1. The maximum absolute atomic E-state index is 13.6. The second-order valence-corrected chi connectivity index (χ2v) is 9.94. The van der Waals surface area contributed by atoms with Crippen LogP contribution in [0.15, 0.2) is 53.4 Å². The van der Waals surface area contributed by atoms with Gasteiger partial charge in [0.25, 0.3) is 5.91 Å². The highest BCUT2D eigenvalue weighted by Crippen LogP contribution is 2.35. The van der Waals surface area contributed by atoms with Crippen LogP contribution in [0.3, 0.4) is 0 Å². The van der Waals surface area contributed by atoms with Gasteiger partial charge in [0, 0.05) is 22.7 Å². The van der Waals surface area contributed by atoms with E-state index in [1.54, 1.807) is 16.7 Å². The van der Waals surface area contributed by atoms with E-state index in [-0.39, 0.29) is 5.91 Å². The molecule has 33 heavy (non-hydrogen) atoms. The first-order valence-corrected chi connectivity index (χ1v) is 12.9. The smallest absolute Gasteiger partial charge is 0.260 e. The molecule has 0 N–H and O–H groups in total. The van der Waals surface area contributed by atoms with Crippen molar-refractivity contribution in [3.05, 3.63) is 65.5 Å². The first kappa shape index (κ1) is 23.3. The minimum atomic E-state index is -0.0680. The molecule has 2 heterocycles. The summed E-state index contributed by atoms with van der Waals surface area (Å²) in [5, 5.41) is 5.22. The van der Waals surface area contributed by atoms with E-state index in [4.69, 9.17) is 9.72 Å². The van der Waals surface area contributed by atoms with Crippen LogP contribution in [0.25, 0.3) is 10.2 Å². The fraction of sp³-hybridized carbons (Fsp3) is 0.320. The van der Waals surface area contributed by atoms with Crippen molar-refractivity contribution in [2.24, 2.45) is 0 Å². The minimum absolute atomic E-state index is 0.0680. The second kappa shape index (κ2) is 10.4. The van der Waals surface area contributed by atoms with Crippen LogP contribution in [-0.4, -0.2) is 39.6 Å². The number of benzene rings is 2. The summed E-state index contributed by atoms with van der Waals surface area (Å²) in [6.45, 7) is 9.70. The molecule has 0 spiro atoms. The molecule has 0 atom stereocenters. The van der Waals surface area contributed by atoms with Crippen LogP contribution in [0.4, 0.5) is 5.13 Å². The molecule has 2 aromatic carbocycles. The van der Waals surface area contributed by atoms with E-state index in [0.717, 1.165) is 38.0 Å². The lowest BCUT2D eigenvalue weighted by Crippen LogP contribution is -2.34. The van der Waals surface area contributed by atoms with Crippen molar-refractivity contribution in [2.45, 2.75) is 39.1 Å². The van der Waals surface area contributed by atoms with Crippen molar-refractivity contribution in [1.29, 1.82) is 0 Å². The quantitative estimate of drug-likeness (QED) is 0.276.